The number of aromatic nitrogens is 1. The van der Waals surface area contributed by atoms with E-state index in [9.17, 15) is 9.59 Å². The number of carbonyl (C=O) groups is 2. The molecule has 0 aliphatic heterocycles. The number of hydrogen-bond donors (Lipinski definition) is 1. The molecule has 0 atom stereocenters. The Morgan fingerprint density at radius 1 is 1.19 bits per heavy atom. The highest BCUT2D eigenvalue weighted by Crippen LogP contribution is 2.27. The molecule has 0 bridgehead atoms. The standard InChI is InChI=1S/C16H13NO4/c1-10(18)14-4-5-15(21-14)12-2-3-13-11(8-12)6-7-17(13)9-16(19)20/h2-8H,9H2,1H3,(H,19,20). The summed E-state index contributed by atoms with van der Waals surface area (Å²) >= 11 is 0. The summed E-state index contributed by atoms with van der Waals surface area (Å²) in [6.07, 6.45) is 1.74. The number of furan rings is 1. The lowest BCUT2D eigenvalue weighted by Crippen LogP contribution is -2.06. The minimum Gasteiger partial charge on any atom is -0.480 e. The van der Waals surface area contributed by atoms with Crippen molar-refractivity contribution in [1.29, 1.82) is 0 Å². The first-order chi connectivity index (χ1) is 10.0. The SMILES string of the molecule is CC(=O)c1ccc(-c2ccc3c(ccn3CC(=O)O)c2)o1. The number of hydrogen-bond acceptors (Lipinski definition) is 3. The van der Waals surface area contributed by atoms with Crippen LogP contribution in [0.15, 0.2) is 47.0 Å². The zero-order valence-corrected chi connectivity index (χ0v) is 11.4. The van der Waals surface area contributed by atoms with Crippen molar-refractivity contribution < 1.29 is 19.1 Å². The summed E-state index contributed by atoms with van der Waals surface area (Å²) in [4.78, 5) is 22.1. The maximum atomic E-state index is 11.3. The molecule has 2 aromatic heterocycles. The van der Waals surface area contributed by atoms with E-state index in [-0.39, 0.29) is 12.3 Å². The number of Topliss-reactive ketones (excluding diaryl/α,β-unsaturated/α-hetero) is 1. The number of rotatable bonds is 4. The van der Waals surface area contributed by atoms with Crippen LogP contribution in [0.2, 0.25) is 0 Å². The molecule has 0 amide bonds. The van der Waals surface area contributed by atoms with Crippen LogP contribution in [0.5, 0.6) is 0 Å². The van der Waals surface area contributed by atoms with Crippen LogP contribution in [0.4, 0.5) is 0 Å². The van der Waals surface area contributed by atoms with Gasteiger partial charge in [0.2, 0.25) is 0 Å². The molecule has 3 rings (SSSR count). The molecule has 0 aliphatic rings. The summed E-state index contributed by atoms with van der Waals surface area (Å²) < 4.78 is 7.17. The first-order valence-electron chi connectivity index (χ1n) is 6.46. The molecule has 0 aliphatic carbocycles. The van der Waals surface area contributed by atoms with Crippen LogP contribution in [-0.4, -0.2) is 21.4 Å². The van der Waals surface area contributed by atoms with Gasteiger partial charge in [0, 0.05) is 29.6 Å². The number of benzene rings is 1. The third kappa shape index (κ3) is 2.45. The van der Waals surface area contributed by atoms with Gasteiger partial charge in [-0.25, -0.2) is 0 Å². The third-order valence-electron chi connectivity index (χ3n) is 3.31. The Morgan fingerprint density at radius 3 is 2.67 bits per heavy atom. The highest BCUT2D eigenvalue weighted by molar-refractivity contribution is 5.92. The molecule has 0 unspecified atom stereocenters. The Kier molecular flexibility index (Phi) is 3.10. The van der Waals surface area contributed by atoms with E-state index >= 15 is 0 Å². The van der Waals surface area contributed by atoms with Crippen LogP contribution < -0.4 is 0 Å². The molecule has 0 saturated carbocycles. The molecule has 0 saturated heterocycles. The predicted octanol–water partition coefficient (Wildman–Crippen LogP) is 3.19. The second-order valence-electron chi connectivity index (χ2n) is 4.83. The van der Waals surface area contributed by atoms with Crippen LogP contribution in [0.1, 0.15) is 17.5 Å². The molecule has 106 valence electrons. The third-order valence-corrected chi connectivity index (χ3v) is 3.31. The lowest BCUT2D eigenvalue weighted by atomic mass is 10.1. The van der Waals surface area contributed by atoms with Crippen molar-refractivity contribution >= 4 is 22.7 Å². The van der Waals surface area contributed by atoms with Gasteiger partial charge in [-0.3, -0.25) is 9.59 Å². The van der Waals surface area contributed by atoms with Gasteiger partial charge in [0.25, 0.3) is 0 Å². The fourth-order valence-corrected chi connectivity index (χ4v) is 2.32. The van der Waals surface area contributed by atoms with E-state index < -0.39 is 5.97 Å². The molecule has 3 aromatic rings. The van der Waals surface area contributed by atoms with Crippen molar-refractivity contribution in [3.63, 3.8) is 0 Å². The van der Waals surface area contributed by atoms with Crippen molar-refractivity contribution in [1.82, 2.24) is 4.57 Å². The zero-order chi connectivity index (χ0) is 15.0. The number of carboxylic acids is 1. The normalized spacial score (nSPS) is 10.9. The van der Waals surface area contributed by atoms with Crippen LogP contribution >= 0.6 is 0 Å². The molecule has 0 radical (unpaired) electrons. The van der Waals surface area contributed by atoms with Gasteiger partial charge in [0.15, 0.2) is 11.5 Å². The average molecular weight is 283 g/mol. The lowest BCUT2D eigenvalue weighted by molar-refractivity contribution is -0.137. The average Bonchev–Trinajstić information content (AvgIpc) is 3.05. The summed E-state index contributed by atoms with van der Waals surface area (Å²) in [5.74, 6) is -0.0507. The van der Waals surface area contributed by atoms with Crippen molar-refractivity contribution in [2.24, 2.45) is 0 Å². The van der Waals surface area contributed by atoms with Crippen molar-refractivity contribution in [2.45, 2.75) is 13.5 Å². The fraction of sp³-hybridized carbons (Fsp3) is 0.125. The Labute approximate surface area is 120 Å². The highest BCUT2D eigenvalue weighted by atomic mass is 16.4. The van der Waals surface area contributed by atoms with E-state index in [4.69, 9.17) is 9.52 Å². The van der Waals surface area contributed by atoms with Gasteiger partial charge in [0.05, 0.1) is 0 Å². The van der Waals surface area contributed by atoms with Gasteiger partial charge in [-0.1, -0.05) is 0 Å². The summed E-state index contributed by atoms with van der Waals surface area (Å²) in [6.45, 7) is 1.38. The molecule has 21 heavy (non-hydrogen) atoms. The van der Waals surface area contributed by atoms with Crippen molar-refractivity contribution in [2.75, 3.05) is 0 Å². The molecule has 1 aromatic carbocycles. The first-order valence-corrected chi connectivity index (χ1v) is 6.46. The Bertz CT molecular complexity index is 841. The van der Waals surface area contributed by atoms with E-state index in [0.717, 1.165) is 16.5 Å². The molecule has 0 fully saturated rings. The van der Waals surface area contributed by atoms with E-state index in [0.29, 0.717) is 11.5 Å². The number of fused-ring (bicyclic) bond motifs is 1. The van der Waals surface area contributed by atoms with Gasteiger partial charge in [0.1, 0.15) is 12.3 Å². The number of nitrogens with zero attached hydrogens (tertiary/aromatic N) is 1. The van der Waals surface area contributed by atoms with E-state index in [1.54, 1.807) is 22.9 Å². The zero-order valence-electron chi connectivity index (χ0n) is 11.4. The van der Waals surface area contributed by atoms with Crippen molar-refractivity contribution in [3.05, 3.63) is 48.4 Å². The molecule has 5 heteroatoms. The topological polar surface area (TPSA) is 72.4 Å². The maximum Gasteiger partial charge on any atom is 0.323 e. The van der Waals surface area contributed by atoms with Crippen LogP contribution in [0.25, 0.3) is 22.2 Å². The summed E-state index contributed by atoms with van der Waals surface area (Å²) in [7, 11) is 0. The quantitative estimate of drug-likeness (QED) is 0.746. The molecule has 1 N–H and O–H groups in total. The molecule has 5 nitrogen and oxygen atoms in total. The minimum absolute atomic E-state index is 0.0713. The molecular weight excluding hydrogens is 270 g/mol. The van der Waals surface area contributed by atoms with Gasteiger partial charge in [-0.2, -0.15) is 0 Å². The molecular formula is C16H13NO4. The number of carbonyl (C=O) groups excluding carboxylic acids is 1. The van der Waals surface area contributed by atoms with Gasteiger partial charge >= 0.3 is 5.97 Å². The predicted molar refractivity (Wildman–Crippen MR) is 77.3 cm³/mol. The Morgan fingerprint density at radius 2 is 2.00 bits per heavy atom. The number of carboxylic acid groups (broad SMARTS) is 1. The second-order valence-corrected chi connectivity index (χ2v) is 4.83. The van der Waals surface area contributed by atoms with Crippen LogP contribution in [0, 0.1) is 0 Å². The van der Waals surface area contributed by atoms with Crippen LogP contribution in [0.3, 0.4) is 0 Å². The fourth-order valence-electron chi connectivity index (χ4n) is 2.32. The van der Waals surface area contributed by atoms with E-state index in [2.05, 4.69) is 0 Å². The monoisotopic (exact) mass is 283 g/mol. The Hall–Kier alpha value is -2.82. The largest absolute Gasteiger partial charge is 0.480 e. The van der Waals surface area contributed by atoms with E-state index in [1.807, 2.05) is 24.3 Å². The minimum atomic E-state index is -0.881. The smallest absolute Gasteiger partial charge is 0.323 e. The Balaban J connectivity index is 2.01. The maximum absolute atomic E-state index is 11.3. The van der Waals surface area contributed by atoms with Gasteiger partial charge in [-0.05, 0) is 36.4 Å². The summed E-state index contributed by atoms with van der Waals surface area (Å²) in [5.41, 5.74) is 1.70. The van der Waals surface area contributed by atoms with Gasteiger partial charge < -0.3 is 14.1 Å². The summed E-state index contributed by atoms with van der Waals surface area (Å²) in [6, 6.07) is 10.9. The molecule has 2 heterocycles. The highest BCUT2D eigenvalue weighted by Gasteiger charge is 2.10. The summed E-state index contributed by atoms with van der Waals surface area (Å²) in [5, 5.41) is 9.79. The van der Waals surface area contributed by atoms with Crippen molar-refractivity contribution in [3.8, 4) is 11.3 Å². The van der Waals surface area contributed by atoms with E-state index in [1.165, 1.54) is 6.92 Å². The number of ketones is 1. The van der Waals surface area contributed by atoms with Gasteiger partial charge in [-0.15, -0.1) is 0 Å². The first kappa shape index (κ1) is 13.2. The number of aliphatic carboxylic acids is 1. The lowest BCUT2D eigenvalue weighted by Gasteiger charge is -2.02. The van der Waals surface area contributed by atoms with Crippen LogP contribution in [-0.2, 0) is 11.3 Å². The molecule has 0 spiro atoms. The second kappa shape index (κ2) is 4.94.